The number of morpholine rings is 1. The first kappa shape index (κ1) is 26.5. The Hall–Kier alpha value is -1.72. The van der Waals surface area contributed by atoms with Crippen LogP contribution in [0.3, 0.4) is 0 Å². The van der Waals surface area contributed by atoms with Gasteiger partial charge in [0, 0.05) is 37.2 Å². The van der Waals surface area contributed by atoms with Gasteiger partial charge in [-0.3, -0.25) is 14.6 Å². The number of ether oxygens (including phenoxy) is 2. The monoisotopic (exact) mass is 526 g/mol. The Morgan fingerprint density at radius 3 is 2.19 bits per heavy atom. The van der Waals surface area contributed by atoms with Crippen molar-refractivity contribution in [3.05, 3.63) is 34.9 Å². The van der Waals surface area contributed by atoms with E-state index in [4.69, 9.17) is 9.47 Å². The average molecular weight is 527 g/mol. The quantitative estimate of drug-likeness (QED) is 0.441. The number of carbonyl (C=O) groups is 2. The van der Waals surface area contributed by atoms with Crippen molar-refractivity contribution in [3.63, 3.8) is 0 Å². The summed E-state index contributed by atoms with van der Waals surface area (Å²) in [7, 11) is 0. The van der Waals surface area contributed by atoms with Crippen molar-refractivity contribution < 1.29 is 36.6 Å². The highest BCUT2D eigenvalue weighted by Crippen LogP contribution is 2.37. The van der Waals surface area contributed by atoms with E-state index in [1.807, 2.05) is 4.90 Å². The summed E-state index contributed by atoms with van der Waals surface area (Å²) in [6, 6.07) is -0.900. The van der Waals surface area contributed by atoms with Gasteiger partial charge >= 0.3 is 6.09 Å². The van der Waals surface area contributed by atoms with Crippen LogP contribution in [0.2, 0.25) is 0 Å². The van der Waals surface area contributed by atoms with Crippen LogP contribution in [-0.2, 0) is 14.3 Å². The Balaban J connectivity index is 0.00000363. The zero-order chi connectivity index (χ0) is 22.9. The lowest BCUT2D eigenvalue weighted by Crippen LogP contribution is -2.48. The van der Waals surface area contributed by atoms with Crippen molar-refractivity contribution in [1.29, 1.82) is 0 Å². The molecule has 0 saturated carbocycles. The van der Waals surface area contributed by atoms with Gasteiger partial charge < -0.3 is 9.47 Å². The third-order valence-electron chi connectivity index (χ3n) is 5.34. The van der Waals surface area contributed by atoms with Crippen LogP contribution in [0.5, 0.6) is 0 Å². The number of carbonyl (C=O) groups excluding carboxylic acids is 2. The summed E-state index contributed by atoms with van der Waals surface area (Å²) in [6.07, 6.45) is -0.993. The molecule has 2 atom stereocenters. The number of benzene rings is 1. The van der Waals surface area contributed by atoms with Crippen molar-refractivity contribution in [3.8, 4) is 0 Å². The number of likely N-dealkylation sites (tertiary alicyclic amines) is 1. The maximum atomic E-state index is 14.4. The van der Waals surface area contributed by atoms with Crippen LogP contribution < -0.4 is 0 Å². The molecule has 0 N–H and O–H groups in total. The Morgan fingerprint density at radius 2 is 1.66 bits per heavy atom. The normalized spacial score (nSPS) is 21.9. The second-order valence-electron chi connectivity index (χ2n) is 8.82. The Bertz CT molecular complexity index is 833. The van der Waals surface area contributed by atoms with Crippen LogP contribution in [0.25, 0.3) is 0 Å². The van der Waals surface area contributed by atoms with E-state index in [9.17, 15) is 27.2 Å². The lowest BCUT2D eigenvalue weighted by atomic mass is 9.93. The van der Waals surface area contributed by atoms with Gasteiger partial charge in [-0.2, -0.15) is 0 Å². The van der Waals surface area contributed by atoms with Gasteiger partial charge in [0.2, 0.25) is 0 Å². The Kier molecular flexibility index (Phi) is 8.69. The third-order valence-corrected chi connectivity index (χ3v) is 5.34. The van der Waals surface area contributed by atoms with E-state index in [1.165, 1.54) is 0 Å². The van der Waals surface area contributed by atoms with E-state index in [2.05, 4.69) is 0 Å². The molecular formula is C21H27BrF4N2O4. The van der Waals surface area contributed by atoms with Crippen molar-refractivity contribution in [2.24, 2.45) is 0 Å². The van der Waals surface area contributed by atoms with Crippen molar-refractivity contribution in [2.45, 2.75) is 44.8 Å². The van der Waals surface area contributed by atoms with Crippen LogP contribution >= 0.6 is 17.0 Å². The largest absolute Gasteiger partial charge is 0.444 e. The molecule has 6 nitrogen and oxygen atoms in total. The number of nitrogens with zero attached hydrogens (tertiary/aromatic N) is 2. The van der Waals surface area contributed by atoms with Gasteiger partial charge in [0.1, 0.15) is 5.60 Å². The molecule has 1 aromatic carbocycles. The third kappa shape index (κ3) is 5.99. The molecule has 0 aliphatic carbocycles. The molecule has 1 amide bonds. The molecule has 32 heavy (non-hydrogen) atoms. The van der Waals surface area contributed by atoms with Crippen LogP contribution in [0.1, 0.15) is 38.7 Å². The maximum absolute atomic E-state index is 14.4. The SMILES string of the molecule is Br.CC(C)(C)OC(=O)N1C[C@@H](c2c(F)c(F)cc(F)c2F)C[C@@H]1C(=O)CN1CCOCC1. The zero-order valence-corrected chi connectivity index (χ0v) is 19.8. The first-order valence-electron chi connectivity index (χ1n) is 10.1. The minimum atomic E-state index is -1.53. The number of amides is 1. The summed E-state index contributed by atoms with van der Waals surface area (Å²) < 4.78 is 66.8. The van der Waals surface area contributed by atoms with Crippen LogP contribution in [-0.4, -0.2) is 72.7 Å². The number of hydrogen-bond acceptors (Lipinski definition) is 5. The fraction of sp³-hybridized carbons (Fsp3) is 0.619. The molecule has 0 spiro atoms. The summed E-state index contributed by atoms with van der Waals surface area (Å²) in [5.74, 6) is -7.53. The van der Waals surface area contributed by atoms with Crippen molar-refractivity contribution in [2.75, 3.05) is 39.4 Å². The molecular weight excluding hydrogens is 500 g/mol. The van der Waals surface area contributed by atoms with Crippen molar-refractivity contribution >= 4 is 28.9 Å². The summed E-state index contributed by atoms with van der Waals surface area (Å²) in [5, 5.41) is 0. The predicted molar refractivity (Wildman–Crippen MR) is 113 cm³/mol. The number of rotatable bonds is 4. The molecule has 0 unspecified atom stereocenters. The number of hydrogen-bond donors (Lipinski definition) is 0. The Morgan fingerprint density at radius 1 is 1.09 bits per heavy atom. The molecule has 0 radical (unpaired) electrons. The first-order valence-corrected chi connectivity index (χ1v) is 10.1. The lowest BCUT2D eigenvalue weighted by Gasteiger charge is -2.30. The van der Waals surface area contributed by atoms with Gasteiger partial charge in [-0.15, -0.1) is 17.0 Å². The van der Waals surface area contributed by atoms with E-state index < -0.39 is 52.5 Å². The number of ketones is 1. The minimum Gasteiger partial charge on any atom is -0.444 e. The van der Waals surface area contributed by atoms with E-state index >= 15 is 0 Å². The number of halogens is 5. The van der Waals surface area contributed by atoms with Gasteiger partial charge in [-0.05, 0) is 27.2 Å². The van der Waals surface area contributed by atoms with Crippen LogP contribution in [0, 0.1) is 23.3 Å². The molecule has 0 bridgehead atoms. The average Bonchev–Trinajstić information content (AvgIpc) is 3.11. The molecule has 1 aromatic rings. The predicted octanol–water partition coefficient (Wildman–Crippen LogP) is 3.82. The van der Waals surface area contributed by atoms with E-state index in [0.717, 1.165) is 4.90 Å². The van der Waals surface area contributed by atoms with Crippen LogP contribution in [0.4, 0.5) is 22.4 Å². The molecule has 2 heterocycles. The highest BCUT2D eigenvalue weighted by atomic mass is 79.9. The van der Waals surface area contributed by atoms with E-state index in [1.54, 1.807) is 20.8 Å². The van der Waals surface area contributed by atoms with Gasteiger partial charge in [-0.25, -0.2) is 22.4 Å². The molecule has 0 aromatic heterocycles. The molecule has 3 rings (SSSR count). The maximum Gasteiger partial charge on any atom is 0.410 e. The fourth-order valence-corrected chi connectivity index (χ4v) is 3.91. The molecule has 2 fully saturated rings. The number of Topliss-reactive ketones (excluding diaryl/α,β-unsaturated/α-hetero) is 1. The summed E-state index contributed by atoms with van der Waals surface area (Å²) in [4.78, 5) is 28.7. The van der Waals surface area contributed by atoms with E-state index in [0.29, 0.717) is 26.3 Å². The topological polar surface area (TPSA) is 59.1 Å². The standard InChI is InChI=1S/C21H26F4N2O4.BrH/c1-21(2,3)31-20(29)27-10-12(17-18(24)13(22)9-14(23)19(17)25)8-15(27)16(28)11-26-4-6-30-7-5-26;/h9,12,15H,4-8,10-11H2,1-3H3;1H/t12-,15+;/m0./s1. The molecule has 2 aliphatic rings. The zero-order valence-electron chi connectivity index (χ0n) is 18.1. The smallest absolute Gasteiger partial charge is 0.410 e. The second-order valence-corrected chi connectivity index (χ2v) is 8.82. The second kappa shape index (κ2) is 10.5. The summed E-state index contributed by atoms with van der Waals surface area (Å²) in [6.45, 7) is 6.65. The molecule has 11 heteroatoms. The summed E-state index contributed by atoms with van der Waals surface area (Å²) in [5.41, 5.74) is -1.67. The molecule has 2 aliphatic heterocycles. The van der Waals surface area contributed by atoms with Gasteiger partial charge in [0.05, 0.1) is 25.8 Å². The van der Waals surface area contributed by atoms with Crippen LogP contribution in [0.15, 0.2) is 6.07 Å². The summed E-state index contributed by atoms with van der Waals surface area (Å²) >= 11 is 0. The highest BCUT2D eigenvalue weighted by Gasteiger charge is 2.44. The Labute approximate surface area is 194 Å². The van der Waals surface area contributed by atoms with Gasteiger partial charge in [0.15, 0.2) is 29.1 Å². The van der Waals surface area contributed by atoms with Gasteiger partial charge in [0.25, 0.3) is 0 Å². The molecule has 2 saturated heterocycles. The fourth-order valence-electron chi connectivity index (χ4n) is 3.91. The van der Waals surface area contributed by atoms with Crippen molar-refractivity contribution in [1.82, 2.24) is 9.80 Å². The first-order chi connectivity index (χ1) is 14.5. The van der Waals surface area contributed by atoms with E-state index in [-0.39, 0.29) is 48.3 Å². The van der Waals surface area contributed by atoms with Gasteiger partial charge in [-0.1, -0.05) is 0 Å². The molecule has 180 valence electrons. The highest BCUT2D eigenvalue weighted by molar-refractivity contribution is 8.93. The lowest BCUT2D eigenvalue weighted by molar-refractivity contribution is -0.125. The minimum absolute atomic E-state index is 0.